The molecule has 0 aromatic rings. The molecular formula is C10H22N4S. The van der Waals surface area contributed by atoms with Crippen molar-refractivity contribution in [3.8, 4) is 0 Å². The highest BCUT2D eigenvalue weighted by molar-refractivity contribution is 7.80. The van der Waals surface area contributed by atoms with Gasteiger partial charge in [0.05, 0.1) is 11.4 Å². The summed E-state index contributed by atoms with van der Waals surface area (Å²) in [5, 5.41) is 7.64. The fraction of sp³-hybridized carbons (Fsp3) is 0.800. The number of rotatable bonds is 3. The van der Waals surface area contributed by atoms with E-state index in [9.17, 15) is 0 Å². The van der Waals surface area contributed by atoms with Crippen LogP contribution >= 0.6 is 12.6 Å². The van der Waals surface area contributed by atoms with E-state index >= 15 is 0 Å². The third-order valence-corrected chi connectivity index (χ3v) is 3.02. The highest BCUT2D eigenvalue weighted by atomic mass is 32.1. The summed E-state index contributed by atoms with van der Waals surface area (Å²) < 4.78 is 0. The van der Waals surface area contributed by atoms with E-state index in [-0.39, 0.29) is 10.8 Å². The van der Waals surface area contributed by atoms with Gasteiger partial charge >= 0.3 is 0 Å². The number of hydrazone groups is 2. The first-order valence-corrected chi connectivity index (χ1v) is 5.52. The second-order valence-electron chi connectivity index (χ2n) is 5.25. The van der Waals surface area contributed by atoms with Gasteiger partial charge in [-0.1, -0.05) is 34.6 Å². The van der Waals surface area contributed by atoms with E-state index in [1.165, 1.54) is 0 Å². The Bertz CT molecular complexity index is 274. The van der Waals surface area contributed by atoms with Crippen LogP contribution in [0.2, 0.25) is 0 Å². The van der Waals surface area contributed by atoms with E-state index in [1.807, 2.05) is 34.6 Å². The molecule has 0 atom stereocenters. The van der Waals surface area contributed by atoms with Crippen LogP contribution in [0.25, 0.3) is 0 Å². The van der Waals surface area contributed by atoms with Crippen molar-refractivity contribution in [1.29, 1.82) is 0 Å². The quantitative estimate of drug-likeness (QED) is 0.298. The summed E-state index contributed by atoms with van der Waals surface area (Å²) >= 11 is 4.29. The van der Waals surface area contributed by atoms with Crippen molar-refractivity contribution in [2.24, 2.45) is 32.7 Å². The van der Waals surface area contributed by atoms with E-state index in [0.29, 0.717) is 11.5 Å². The summed E-state index contributed by atoms with van der Waals surface area (Å²) in [7, 11) is 0. The zero-order valence-corrected chi connectivity index (χ0v) is 11.1. The van der Waals surface area contributed by atoms with Crippen LogP contribution in [-0.4, -0.2) is 17.2 Å². The minimum Gasteiger partial charge on any atom is -0.323 e. The molecule has 0 spiro atoms. The van der Waals surface area contributed by atoms with Crippen LogP contribution in [0, 0.1) is 10.8 Å². The predicted molar refractivity (Wildman–Crippen MR) is 70.3 cm³/mol. The van der Waals surface area contributed by atoms with Crippen LogP contribution in [0.15, 0.2) is 10.2 Å². The lowest BCUT2D eigenvalue weighted by Gasteiger charge is -2.30. The molecule has 4 nitrogen and oxygen atoms in total. The molecule has 0 aromatic heterocycles. The Balaban J connectivity index is 5.35. The van der Waals surface area contributed by atoms with Gasteiger partial charge in [0.15, 0.2) is 0 Å². The second kappa shape index (κ2) is 4.88. The summed E-state index contributed by atoms with van der Waals surface area (Å²) in [6.07, 6.45) is 0. The topological polar surface area (TPSA) is 76.8 Å². The fourth-order valence-corrected chi connectivity index (χ4v) is 1.39. The molecule has 0 aliphatic rings. The largest absolute Gasteiger partial charge is 0.323 e. The van der Waals surface area contributed by atoms with Crippen molar-refractivity contribution in [3.63, 3.8) is 0 Å². The molecule has 0 aromatic carbocycles. The van der Waals surface area contributed by atoms with Gasteiger partial charge in [-0.3, -0.25) is 0 Å². The smallest absolute Gasteiger partial charge is 0.0902 e. The molecule has 0 amide bonds. The SMILES string of the molecule is CC(C)(C)C(=NN)C(=NN)C(C)(C)CS. The first-order valence-electron chi connectivity index (χ1n) is 4.88. The fourth-order valence-electron chi connectivity index (χ4n) is 1.24. The van der Waals surface area contributed by atoms with Gasteiger partial charge < -0.3 is 11.7 Å². The number of hydrogen-bond acceptors (Lipinski definition) is 5. The minimum atomic E-state index is -0.233. The number of hydrogen-bond donors (Lipinski definition) is 3. The van der Waals surface area contributed by atoms with Gasteiger partial charge in [0.25, 0.3) is 0 Å². The Morgan fingerprint density at radius 1 is 1.00 bits per heavy atom. The molecule has 0 rings (SSSR count). The van der Waals surface area contributed by atoms with Gasteiger partial charge in [-0.15, -0.1) is 0 Å². The lowest BCUT2D eigenvalue weighted by atomic mass is 9.77. The van der Waals surface area contributed by atoms with Gasteiger partial charge in [0, 0.05) is 16.6 Å². The maximum Gasteiger partial charge on any atom is 0.0902 e. The van der Waals surface area contributed by atoms with Crippen LogP contribution in [0.1, 0.15) is 34.6 Å². The summed E-state index contributed by atoms with van der Waals surface area (Å²) in [4.78, 5) is 0. The van der Waals surface area contributed by atoms with Crippen LogP contribution in [0.3, 0.4) is 0 Å². The van der Waals surface area contributed by atoms with Gasteiger partial charge in [0.1, 0.15) is 0 Å². The average molecular weight is 230 g/mol. The molecule has 0 aliphatic carbocycles. The van der Waals surface area contributed by atoms with Crippen LogP contribution in [-0.2, 0) is 0 Å². The summed E-state index contributed by atoms with van der Waals surface area (Å²) in [5.74, 6) is 11.5. The lowest BCUT2D eigenvalue weighted by Crippen LogP contribution is -2.41. The van der Waals surface area contributed by atoms with Crippen molar-refractivity contribution in [1.82, 2.24) is 0 Å². The maximum absolute atomic E-state index is 5.43. The van der Waals surface area contributed by atoms with Crippen LogP contribution in [0.5, 0.6) is 0 Å². The van der Waals surface area contributed by atoms with Crippen LogP contribution in [0.4, 0.5) is 0 Å². The zero-order chi connectivity index (χ0) is 12.3. The van der Waals surface area contributed by atoms with Gasteiger partial charge in [-0.25, -0.2) is 0 Å². The molecule has 0 aliphatic heterocycles. The monoisotopic (exact) mass is 230 g/mol. The Hall–Kier alpha value is -0.710. The molecule has 0 radical (unpaired) electrons. The molecule has 15 heavy (non-hydrogen) atoms. The highest BCUT2D eigenvalue weighted by Crippen LogP contribution is 2.26. The molecule has 0 bridgehead atoms. The van der Waals surface area contributed by atoms with Crippen molar-refractivity contribution < 1.29 is 0 Å². The molecule has 0 heterocycles. The lowest BCUT2D eigenvalue weighted by molar-refractivity contribution is 0.568. The Morgan fingerprint density at radius 2 is 1.40 bits per heavy atom. The molecule has 88 valence electrons. The standard InChI is InChI=1S/C10H22N4S/c1-9(2,3)7(13-11)8(14-12)10(4,5)6-15/h15H,6,11-12H2,1-5H3. The van der Waals surface area contributed by atoms with E-state index in [4.69, 9.17) is 11.7 Å². The number of thiol groups is 1. The number of nitrogens with two attached hydrogens (primary N) is 2. The maximum atomic E-state index is 5.43. The Morgan fingerprint density at radius 3 is 1.60 bits per heavy atom. The molecular weight excluding hydrogens is 208 g/mol. The molecule has 4 N–H and O–H groups in total. The predicted octanol–water partition coefficient (Wildman–Crippen LogP) is 1.62. The van der Waals surface area contributed by atoms with Crippen molar-refractivity contribution >= 4 is 24.1 Å². The van der Waals surface area contributed by atoms with E-state index in [2.05, 4.69) is 22.8 Å². The van der Waals surface area contributed by atoms with Gasteiger partial charge in [0.2, 0.25) is 0 Å². The number of nitrogens with zero attached hydrogens (tertiary/aromatic N) is 2. The van der Waals surface area contributed by atoms with Crippen LogP contribution < -0.4 is 11.7 Å². The minimum absolute atomic E-state index is 0.173. The third-order valence-electron chi connectivity index (χ3n) is 2.23. The van der Waals surface area contributed by atoms with Gasteiger partial charge in [-0.05, 0) is 0 Å². The zero-order valence-electron chi connectivity index (χ0n) is 10.2. The Kier molecular flexibility index (Phi) is 4.65. The van der Waals surface area contributed by atoms with E-state index < -0.39 is 0 Å². The summed E-state index contributed by atoms with van der Waals surface area (Å²) in [6, 6.07) is 0. The van der Waals surface area contributed by atoms with Crippen molar-refractivity contribution in [2.75, 3.05) is 5.75 Å². The van der Waals surface area contributed by atoms with E-state index in [0.717, 1.165) is 5.71 Å². The first kappa shape index (κ1) is 14.3. The second-order valence-corrected chi connectivity index (χ2v) is 5.56. The summed E-state index contributed by atoms with van der Waals surface area (Å²) in [5.41, 5.74) is 1.04. The van der Waals surface area contributed by atoms with E-state index in [1.54, 1.807) is 0 Å². The molecule has 5 heteroatoms. The highest BCUT2D eigenvalue weighted by Gasteiger charge is 2.33. The van der Waals surface area contributed by atoms with Crippen molar-refractivity contribution in [3.05, 3.63) is 0 Å². The normalized spacial score (nSPS) is 15.6. The average Bonchev–Trinajstić information content (AvgIpc) is 2.11. The Labute approximate surface area is 97.6 Å². The molecule has 0 saturated carbocycles. The summed E-state index contributed by atoms with van der Waals surface area (Å²) in [6.45, 7) is 10.1. The molecule has 0 fully saturated rings. The van der Waals surface area contributed by atoms with Crippen molar-refractivity contribution in [2.45, 2.75) is 34.6 Å². The first-order chi connectivity index (χ1) is 6.70. The third kappa shape index (κ3) is 3.41. The van der Waals surface area contributed by atoms with Gasteiger partial charge in [-0.2, -0.15) is 22.8 Å². The molecule has 0 unspecified atom stereocenters. The molecule has 0 saturated heterocycles.